The van der Waals surface area contributed by atoms with Crippen molar-refractivity contribution in [2.45, 2.75) is 25.3 Å². The third-order valence-electron chi connectivity index (χ3n) is 4.82. The summed E-state index contributed by atoms with van der Waals surface area (Å²) in [6.45, 7) is 3.96. The van der Waals surface area contributed by atoms with Crippen LogP contribution >= 0.6 is 0 Å². The van der Waals surface area contributed by atoms with Crippen LogP contribution in [0.1, 0.15) is 30.9 Å². The molecule has 0 aromatic heterocycles. The predicted octanol–water partition coefficient (Wildman–Crippen LogP) is 1.49. The maximum Gasteiger partial charge on any atom is 0.317 e. The highest BCUT2D eigenvalue weighted by Crippen LogP contribution is 2.25. The number of nitrogens with one attached hydrogen (secondary N) is 2. The molecule has 3 rings (SSSR count). The Hall–Kier alpha value is -2.15. The number of benzene rings is 1. The molecule has 2 aliphatic rings. The first-order valence-corrected chi connectivity index (χ1v) is 8.95. The van der Waals surface area contributed by atoms with E-state index in [1.54, 1.807) is 17.0 Å². The molecule has 2 fully saturated rings. The first-order valence-electron chi connectivity index (χ1n) is 8.95. The molecule has 7 heteroatoms. The fraction of sp³-hybridized carbons (Fsp3) is 0.556. The van der Waals surface area contributed by atoms with Gasteiger partial charge < -0.3 is 15.5 Å². The Kier molecular flexibility index (Phi) is 5.86. The SMILES string of the molecule is O=C(NCCN1CCNC1=O)[C@@H](c1ccc(F)cc1)N1CCCCC1. The molecule has 0 saturated carbocycles. The summed E-state index contributed by atoms with van der Waals surface area (Å²) in [5, 5.41) is 5.69. The van der Waals surface area contributed by atoms with Crippen LogP contribution in [-0.4, -0.2) is 61.0 Å². The first-order chi connectivity index (χ1) is 12.1. The van der Waals surface area contributed by atoms with E-state index in [4.69, 9.17) is 0 Å². The number of halogens is 1. The van der Waals surface area contributed by atoms with Crippen LogP contribution in [0.2, 0.25) is 0 Å². The number of amides is 3. The lowest BCUT2D eigenvalue weighted by atomic mass is 10.0. The lowest BCUT2D eigenvalue weighted by molar-refractivity contribution is -0.127. The summed E-state index contributed by atoms with van der Waals surface area (Å²) >= 11 is 0. The second-order valence-corrected chi connectivity index (χ2v) is 6.56. The van der Waals surface area contributed by atoms with E-state index in [1.807, 2.05) is 0 Å². The molecule has 0 unspecified atom stereocenters. The van der Waals surface area contributed by atoms with Crippen LogP contribution in [0.3, 0.4) is 0 Å². The highest BCUT2D eigenvalue weighted by molar-refractivity contribution is 5.83. The maximum absolute atomic E-state index is 13.2. The van der Waals surface area contributed by atoms with Gasteiger partial charge in [0.25, 0.3) is 0 Å². The number of carbonyl (C=O) groups excluding carboxylic acids is 2. The van der Waals surface area contributed by atoms with Gasteiger partial charge >= 0.3 is 6.03 Å². The van der Waals surface area contributed by atoms with Crippen LogP contribution in [0.15, 0.2) is 24.3 Å². The molecule has 25 heavy (non-hydrogen) atoms. The quantitative estimate of drug-likeness (QED) is 0.819. The molecule has 0 bridgehead atoms. The fourth-order valence-corrected chi connectivity index (χ4v) is 3.48. The molecular weight excluding hydrogens is 323 g/mol. The van der Waals surface area contributed by atoms with E-state index in [-0.39, 0.29) is 17.8 Å². The Balaban J connectivity index is 1.64. The summed E-state index contributed by atoms with van der Waals surface area (Å²) in [4.78, 5) is 28.2. The smallest absolute Gasteiger partial charge is 0.317 e. The van der Waals surface area contributed by atoms with Crippen molar-refractivity contribution in [3.63, 3.8) is 0 Å². The van der Waals surface area contributed by atoms with E-state index < -0.39 is 6.04 Å². The molecule has 0 aliphatic carbocycles. The van der Waals surface area contributed by atoms with Crippen molar-refractivity contribution in [3.05, 3.63) is 35.6 Å². The normalized spacial score (nSPS) is 19.6. The van der Waals surface area contributed by atoms with Gasteiger partial charge in [-0.1, -0.05) is 18.6 Å². The van der Waals surface area contributed by atoms with Crippen molar-refractivity contribution < 1.29 is 14.0 Å². The van der Waals surface area contributed by atoms with E-state index in [0.29, 0.717) is 26.2 Å². The van der Waals surface area contributed by atoms with Gasteiger partial charge in [0.1, 0.15) is 11.9 Å². The van der Waals surface area contributed by atoms with Gasteiger partial charge in [-0.3, -0.25) is 9.69 Å². The number of rotatable bonds is 6. The molecule has 6 nitrogen and oxygen atoms in total. The zero-order chi connectivity index (χ0) is 17.6. The van der Waals surface area contributed by atoms with Crippen molar-refractivity contribution in [1.82, 2.24) is 20.4 Å². The van der Waals surface area contributed by atoms with Gasteiger partial charge in [0.2, 0.25) is 5.91 Å². The molecule has 1 aromatic rings. The number of likely N-dealkylation sites (tertiary alicyclic amines) is 1. The van der Waals surface area contributed by atoms with Crippen molar-refractivity contribution in [3.8, 4) is 0 Å². The molecule has 0 spiro atoms. The molecular formula is C18H25FN4O2. The van der Waals surface area contributed by atoms with E-state index in [1.165, 1.54) is 18.6 Å². The topological polar surface area (TPSA) is 64.7 Å². The standard InChI is InChI=1S/C18H25FN4O2/c19-15-6-4-14(5-7-15)16(22-10-2-1-3-11-22)17(24)20-8-12-23-13-9-21-18(23)25/h4-7,16H,1-3,8-13H2,(H,20,24)(H,21,25)/t16-/m1/s1. The van der Waals surface area contributed by atoms with Crippen molar-refractivity contribution in [2.24, 2.45) is 0 Å². The average Bonchev–Trinajstić information content (AvgIpc) is 3.03. The fourth-order valence-electron chi connectivity index (χ4n) is 3.48. The van der Waals surface area contributed by atoms with Crippen LogP contribution in [0.5, 0.6) is 0 Å². The van der Waals surface area contributed by atoms with Gasteiger partial charge in [-0.2, -0.15) is 0 Å². The molecule has 2 aliphatic heterocycles. The van der Waals surface area contributed by atoms with E-state index >= 15 is 0 Å². The molecule has 136 valence electrons. The minimum atomic E-state index is -0.409. The Morgan fingerprint density at radius 2 is 1.88 bits per heavy atom. The van der Waals surface area contributed by atoms with Crippen LogP contribution in [-0.2, 0) is 4.79 Å². The molecule has 0 radical (unpaired) electrons. The summed E-state index contributed by atoms with van der Waals surface area (Å²) in [5.41, 5.74) is 0.805. The van der Waals surface area contributed by atoms with Crippen molar-refractivity contribution in [1.29, 1.82) is 0 Å². The zero-order valence-electron chi connectivity index (χ0n) is 14.3. The summed E-state index contributed by atoms with van der Waals surface area (Å²) in [6, 6.07) is 5.67. The van der Waals surface area contributed by atoms with E-state index in [0.717, 1.165) is 31.5 Å². The highest BCUT2D eigenvalue weighted by Gasteiger charge is 2.29. The third-order valence-corrected chi connectivity index (χ3v) is 4.82. The number of carbonyl (C=O) groups is 2. The van der Waals surface area contributed by atoms with Gasteiger partial charge in [0.15, 0.2) is 0 Å². The minimum Gasteiger partial charge on any atom is -0.353 e. The van der Waals surface area contributed by atoms with Crippen LogP contribution in [0.25, 0.3) is 0 Å². The van der Waals surface area contributed by atoms with E-state index in [9.17, 15) is 14.0 Å². The molecule has 2 saturated heterocycles. The average molecular weight is 348 g/mol. The van der Waals surface area contributed by atoms with Gasteiger partial charge in [-0.25, -0.2) is 9.18 Å². The molecule has 3 amide bonds. The molecule has 2 heterocycles. The van der Waals surface area contributed by atoms with Crippen LogP contribution in [0, 0.1) is 5.82 Å². The number of nitrogens with zero attached hydrogens (tertiary/aromatic N) is 2. The number of hydrogen-bond donors (Lipinski definition) is 2. The van der Waals surface area contributed by atoms with Crippen molar-refractivity contribution >= 4 is 11.9 Å². The molecule has 2 N–H and O–H groups in total. The summed E-state index contributed by atoms with van der Waals surface area (Å²) < 4.78 is 13.2. The monoisotopic (exact) mass is 348 g/mol. The van der Waals surface area contributed by atoms with E-state index in [2.05, 4.69) is 15.5 Å². The number of hydrogen-bond acceptors (Lipinski definition) is 3. The summed E-state index contributed by atoms with van der Waals surface area (Å²) in [5.74, 6) is -0.394. The number of piperidine rings is 1. The zero-order valence-corrected chi connectivity index (χ0v) is 14.3. The summed E-state index contributed by atoms with van der Waals surface area (Å²) in [7, 11) is 0. The second-order valence-electron chi connectivity index (χ2n) is 6.56. The Bertz CT molecular complexity index is 602. The van der Waals surface area contributed by atoms with Gasteiger partial charge in [0, 0.05) is 26.2 Å². The highest BCUT2D eigenvalue weighted by atomic mass is 19.1. The first kappa shape index (κ1) is 17.7. The predicted molar refractivity (Wildman–Crippen MR) is 92.5 cm³/mol. The minimum absolute atomic E-state index is 0.0830. The number of urea groups is 1. The second kappa shape index (κ2) is 8.29. The van der Waals surface area contributed by atoms with Gasteiger partial charge in [0.05, 0.1) is 0 Å². The Morgan fingerprint density at radius 3 is 2.52 bits per heavy atom. The van der Waals surface area contributed by atoms with Gasteiger partial charge in [-0.05, 0) is 43.6 Å². The summed E-state index contributed by atoms with van der Waals surface area (Å²) in [6.07, 6.45) is 3.32. The Labute approximate surface area is 147 Å². The molecule has 1 atom stereocenters. The van der Waals surface area contributed by atoms with Crippen LogP contribution in [0.4, 0.5) is 9.18 Å². The Morgan fingerprint density at radius 1 is 1.16 bits per heavy atom. The molecule has 1 aromatic carbocycles. The maximum atomic E-state index is 13.2. The van der Waals surface area contributed by atoms with Crippen LogP contribution < -0.4 is 10.6 Å². The lowest BCUT2D eigenvalue weighted by Gasteiger charge is -2.34. The largest absolute Gasteiger partial charge is 0.353 e. The van der Waals surface area contributed by atoms with Gasteiger partial charge in [-0.15, -0.1) is 0 Å². The lowest BCUT2D eigenvalue weighted by Crippen LogP contribution is -2.45. The van der Waals surface area contributed by atoms with Crippen molar-refractivity contribution in [2.75, 3.05) is 39.3 Å². The third kappa shape index (κ3) is 4.48.